The standard InChI is InChI=1S/C20H17Cl2F2N5O7S/c21-11-3-9(29-20(33)27-19(32)16(28-29)18(23)24)4-12(22)17(11)36-15-5-14(13(31)7-25-15)37(34,35)26-6-8-1-10(30)2-8/h3-5,7-8,10,18,26,30-31H,1-2,6H2,(H,27,32,33). The number of nitrogens with one attached hydrogen (secondary N) is 2. The highest BCUT2D eigenvalue weighted by atomic mass is 35.5. The van der Waals surface area contributed by atoms with E-state index in [0.29, 0.717) is 17.5 Å². The molecule has 1 aromatic carbocycles. The van der Waals surface area contributed by atoms with Crippen molar-refractivity contribution in [1.29, 1.82) is 0 Å². The van der Waals surface area contributed by atoms with Crippen LogP contribution in [0.2, 0.25) is 10.0 Å². The summed E-state index contributed by atoms with van der Waals surface area (Å²) in [6.07, 6.45) is -1.98. The summed E-state index contributed by atoms with van der Waals surface area (Å²) in [6.45, 7) is 0.0574. The molecule has 2 heterocycles. The number of nitrogens with zero attached hydrogens (tertiary/aromatic N) is 3. The van der Waals surface area contributed by atoms with Crippen LogP contribution in [0.5, 0.6) is 17.4 Å². The van der Waals surface area contributed by atoms with Crippen LogP contribution >= 0.6 is 23.2 Å². The van der Waals surface area contributed by atoms with Crippen LogP contribution in [0.3, 0.4) is 0 Å². The highest BCUT2D eigenvalue weighted by Crippen LogP contribution is 2.38. The number of aromatic hydroxyl groups is 1. The first-order valence-electron chi connectivity index (χ1n) is 10.4. The molecule has 37 heavy (non-hydrogen) atoms. The van der Waals surface area contributed by atoms with Crippen molar-refractivity contribution in [2.24, 2.45) is 5.92 Å². The number of hydrogen-bond acceptors (Lipinski definition) is 9. The van der Waals surface area contributed by atoms with Gasteiger partial charge in [0.1, 0.15) is 4.90 Å². The number of H-pyrrole nitrogens is 1. The lowest BCUT2D eigenvalue weighted by molar-refractivity contribution is 0.0453. The molecule has 3 aromatic rings. The zero-order valence-corrected chi connectivity index (χ0v) is 20.7. The van der Waals surface area contributed by atoms with Gasteiger partial charge in [0.25, 0.3) is 12.0 Å². The van der Waals surface area contributed by atoms with Gasteiger partial charge in [-0.25, -0.2) is 31.7 Å². The van der Waals surface area contributed by atoms with Gasteiger partial charge in [-0.15, -0.1) is 0 Å². The summed E-state index contributed by atoms with van der Waals surface area (Å²) < 4.78 is 59.7. The van der Waals surface area contributed by atoms with E-state index in [-0.39, 0.29) is 39.8 Å². The number of hydrogen-bond donors (Lipinski definition) is 4. The highest BCUT2D eigenvalue weighted by Gasteiger charge is 2.29. The quantitative estimate of drug-likeness (QED) is 0.311. The van der Waals surface area contributed by atoms with Gasteiger partial charge in [0.2, 0.25) is 15.9 Å². The Morgan fingerprint density at radius 2 is 1.86 bits per heavy atom. The molecule has 1 aliphatic rings. The van der Waals surface area contributed by atoms with Crippen molar-refractivity contribution in [2.45, 2.75) is 30.3 Å². The van der Waals surface area contributed by atoms with E-state index in [1.165, 1.54) is 0 Å². The Bertz CT molecular complexity index is 1550. The average Bonchev–Trinajstić information content (AvgIpc) is 2.79. The van der Waals surface area contributed by atoms with Gasteiger partial charge in [0.15, 0.2) is 17.2 Å². The molecule has 4 rings (SSSR count). The van der Waals surface area contributed by atoms with Crippen molar-refractivity contribution in [3.8, 4) is 23.1 Å². The zero-order valence-electron chi connectivity index (χ0n) is 18.4. The van der Waals surface area contributed by atoms with Crippen LogP contribution in [-0.4, -0.2) is 51.0 Å². The Labute approximate surface area is 216 Å². The Hall–Kier alpha value is -3.11. The summed E-state index contributed by atoms with van der Waals surface area (Å²) in [5, 5.41) is 22.2. The fraction of sp³-hybridized carbons (Fsp3) is 0.300. The van der Waals surface area contributed by atoms with Crippen molar-refractivity contribution >= 4 is 33.2 Å². The predicted octanol–water partition coefficient (Wildman–Crippen LogP) is 2.11. The number of aromatic nitrogens is 4. The van der Waals surface area contributed by atoms with Gasteiger partial charge in [-0.3, -0.25) is 9.78 Å². The van der Waals surface area contributed by atoms with E-state index in [1.807, 2.05) is 0 Å². The Morgan fingerprint density at radius 1 is 1.22 bits per heavy atom. The Kier molecular flexibility index (Phi) is 7.52. The van der Waals surface area contributed by atoms with Crippen LogP contribution in [-0.2, 0) is 10.0 Å². The summed E-state index contributed by atoms with van der Waals surface area (Å²) >= 11 is 12.4. The van der Waals surface area contributed by atoms with Gasteiger partial charge in [-0.05, 0) is 30.9 Å². The lowest BCUT2D eigenvalue weighted by Gasteiger charge is -2.31. The van der Waals surface area contributed by atoms with E-state index in [9.17, 15) is 37.0 Å². The first kappa shape index (κ1) is 26.9. The van der Waals surface area contributed by atoms with Crippen LogP contribution in [0, 0.1) is 5.92 Å². The van der Waals surface area contributed by atoms with Gasteiger partial charge in [0.05, 0.1) is 28.0 Å². The van der Waals surface area contributed by atoms with Crippen LogP contribution < -0.4 is 20.7 Å². The molecule has 1 aliphatic carbocycles. The van der Waals surface area contributed by atoms with Crippen molar-refractivity contribution in [1.82, 2.24) is 24.5 Å². The van der Waals surface area contributed by atoms with Gasteiger partial charge in [0, 0.05) is 12.6 Å². The number of benzene rings is 1. The summed E-state index contributed by atoms with van der Waals surface area (Å²) in [6, 6.07) is 3.09. The molecule has 0 spiro atoms. The normalized spacial score (nSPS) is 17.6. The Balaban J connectivity index is 1.62. The molecular weight excluding hydrogens is 563 g/mol. The lowest BCUT2D eigenvalue weighted by atomic mass is 9.83. The van der Waals surface area contributed by atoms with Crippen molar-refractivity contribution in [2.75, 3.05) is 6.54 Å². The van der Waals surface area contributed by atoms with Crippen LogP contribution in [0.4, 0.5) is 8.78 Å². The SMILES string of the molecule is O=c1[nH]c(=O)n(-c2cc(Cl)c(Oc3cc(S(=O)(=O)NCC4CC(O)C4)c(O)cn3)c(Cl)c2)nc1C(F)F. The molecule has 0 bridgehead atoms. The van der Waals surface area contributed by atoms with Crippen LogP contribution in [0.1, 0.15) is 25.0 Å². The molecule has 0 atom stereocenters. The molecule has 2 aromatic heterocycles. The minimum atomic E-state index is -4.18. The van der Waals surface area contributed by atoms with Gasteiger partial charge < -0.3 is 14.9 Å². The molecular formula is C20H17Cl2F2N5O7S. The maximum atomic E-state index is 13.0. The molecule has 0 radical (unpaired) electrons. The number of ether oxygens (including phenoxy) is 1. The topological polar surface area (TPSA) is 176 Å². The second-order valence-electron chi connectivity index (χ2n) is 8.03. The van der Waals surface area contributed by atoms with E-state index >= 15 is 0 Å². The molecule has 0 unspecified atom stereocenters. The monoisotopic (exact) mass is 579 g/mol. The fourth-order valence-corrected chi connectivity index (χ4v) is 5.20. The maximum Gasteiger partial charge on any atom is 0.349 e. The number of aliphatic hydroxyl groups is 1. The third-order valence-corrected chi connectivity index (χ3v) is 7.39. The molecule has 198 valence electrons. The third-order valence-electron chi connectivity index (χ3n) is 5.38. The molecule has 1 saturated carbocycles. The van der Waals surface area contributed by atoms with Crippen molar-refractivity contribution in [3.05, 3.63) is 61.0 Å². The minimum Gasteiger partial charge on any atom is -0.505 e. The second kappa shape index (κ2) is 10.3. The van der Waals surface area contributed by atoms with E-state index in [4.69, 9.17) is 27.9 Å². The van der Waals surface area contributed by atoms with E-state index < -0.39 is 50.1 Å². The zero-order chi connectivity index (χ0) is 27.1. The largest absolute Gasteiger partial charge is 0.505 e. The first-order valence-corrected chi connectivity index (χ1v) is 12.7. The smallest absolute Gasteiger partial charge is 0.349 e. The Morgan fingerprint density at radius 3 is 2.46 bits per heavy atom. The van der Waals surface area contributed by atoms with E-state index in [0.717, 1.165) is 24.4 Å². The minimum absolute atomic E-state index is 0.0400. The van der Waals surface area contributed by atoms with Gasteiger partial charge in [-0.2, -0.15) is 9.78 Å². The molecule has 17 heteroatoms. The third kappa shape index (κ3) is 5.75. The van der Waals surface area contributed by atoms with Crippen molar-refractivity contribution in [3.63, 3.8) is 0 Å². The van der Waals surface area contributed by atoms with Crippen LogP contribution in [0.25, 0.3) is 5.69 Å². The molecule has 0 aliphatic heterocycles. The summed E-state index contributed by atoms with van der Waals surface area (Å²) in [5.41, 5.74) is -3.86. The number of sulfonamides is 1. The molecule has 12 nitrogen and oxygen atoms in total. The number of halogens is 4. The van der Waals surface area contributed by atoms with Gasteiger partial charge >= 0.3 is 5.69 Å². The second-order valence-corrected chi connectivity index (χ2v) is 10.6. The summed E-state index contributed by atoms with van der Waals surface area (Å²) in [5.74, 6) is -1.26. The molecule has 1 fully saturated rings. The lowest BCUT2D eigenvalue weighted by Crippen LogP contribution is -2.38. The number of alkyl halides is 2. The number of aliphatic hydroxyl groups excluding tert-OH is 1. The summed E-state index contributed by atoms with van der Waals surface area (Å²) in [7, 11) is -4.18. The molecule has 4 N–H and O–H groups in total. The number of pyridine rings is 1. The highest BCUT2D eigenvalue weighted by molar-refractivity contribution is 7.89. The summed E-state index contributed by atoms with van der Waals surface area (Å²) in [4.78, 5) is 28.6. The number of rotatable bonds is 8. The van der Waals surface area contributed by atoms with Crippen molar-refractivity contribution < 1.29 is 32.1 Å². The van der Waals surface area contributed by atoms with E-state index in [1.54, 1.807) is 4.98 Å². The number of aromatic amines is 1. The molecule has 0 amide bonds. The van der Waals surface area contributed by atoms with E-state index in [2.05, 4.69) is 14.8 Å². The van der Waals surface area contributed by atoms with Gasteiger partial charge in [-0.1, -0.05) is 23.2 Å². The predicted molar refractivity (Wildman–Crippen MR) is 125 cm³/mol. The molecule has 0 saturated heterocycles. The van der Waals surface area contributed by atoms with Crippen LogP contribution in [0.15, 0.2) is 38.9 Å². The first-order chi connectivity index (χ1) is 17.4. The average molecular weight is 580 g/mol. The fourth-order valence-electron chi connectivity index (χ4n) is 3.46. The maximum absolute atomic E-state index is 13.0.